The minimum Gasteiger partial charge on any atom is -0.462 e. The number of hydrogen-bond donors (Lipinski definition) is 0. The van der Waals surface area contributed by atoms with Gasteiger partial charge in [0.1, 0.15) is 0 Å². The first-order valence-electron chi connectivity index (χ1n) is 5.97. The second kappa shape index (κ2) is 4.18. The first kappa shape index (κ1) is 10.8. The normalized spacial score (nSPS) is 10.9. The van der Waals surface area contributed by atoms with Gasteiger partial charge >= 0.3 is 5.97 Å². The van der Waals surface area contributed by atoms with Crippen LogP contribution in [0.15, 0.2) is 48.8 Å². The van der Waals surface area contributed by atoms with Crippen LogP contribution in [0.25, 0.3) is 16.3 Å². The molecule has 0 amide bonds. The lowest BCUT2D eigenvalue weighted by Gasteiger charge is -2.04. The van der Waals surface area contributed by atoms with Crippen molar-refractivity contribution in [3.8, 4) is 0 Å². The molecule has 2 heterocycles. The van der Waals surface area contributed by atoms with Gasteiger partial charge in [-0.15, -0.1) is 0 Å². The summed E-state index contributed by atoms with van der Waals surface area (Å²) in [6.45, 7) is 2.20. The quantitative estimate of drug-likeness (QED) is 0.642. The second-order valence-corrected chi connectivity index (χ2v) is 4.11. The fourth-order valence-electron chi connectivity index (χ4n) is 2.25. The van der Waals surface area contributed by atoms with Crippen LogP contribution >= 0.6 is 0 Å². The van der Waals surface area contributed by atoms with Gasteiger partial charge in [0.25, 0.3) is 0 Å². The van der Waals surface area contributed by atoms with E-state index in [9.17, 15) is 4.79 Å². The van der Waals surface area contributed by atoms with E-state index in [2.05, 4.69) is 0 Å². The van der Waals surface area contributed by atoms with Crippen molar-refractivity contribution < 1.29 is 9.53 Å². The SMILES string of the molecule is CCOC(=O)c1ccn2ccc3ccccc3c12. The molecule has 3 heteroatoms. The summed E-state index contributed by atoms with van der Waals surface area (Å²) in [5.41, 5.74) is 1.53. The van der Waals surface area contributed by atoms with Crippen molar-refractivity contribution in [2.45, 2.75) is 6.92 Å². The van der Waals surface area contributed by atoms with E-state index in [0.29, 0.717) is 12.2 Å². The van der Waals surface area contributed by atoms with Crippen LogP contribution in [0, 0.1) is 0 Å². The lowest BCUT2D eigenvalue weighted by molar-refractivity contribution is 0.0529. The molecule has 0 atom stereocenters. The number of carbonyl (C=O) groups excluding carboxylic acids is 1. The number of pyridine rings is 1. The number of carbonyl (C=O) groups is 1. The summed E-state index contributed by atoms with van der Waals surface area (Å²) in [7, 11) is 0. The Morgan fingerprint density at radius 2 is 1.94 bits per heavy atom. The molecular formula is C15H13NO2. The van der Waals surface area contributed by atoms with Gasteiger partial charge in [0, 0.05) is 17.8 Å². The molecule has 0 bridgehead atoms. The highest BCUT2D eigenvalue weighted by molar-refractivity contribution is 6.07. The van der Waals surface area contributed by atoms with Crippen LogP contribution in [-0.4, -0.2) is 17.0 Å². The van der Waals surface area contributed by atoms with E-state index in [-0.39, 0.29) is 5.97 Å². The molecule has 0 spiro atoms. The van der Waals surface area contributed by atoms with E-state index in [1.165, 1.54) is 0 Å². The highest BCUT2D eigenvalue weighted by atomic mass is 16.5. The lowest BCUT2D eigenvalue weighted by atomic mass is 10.1. The predicted molar refractivity (Wildman–Crippen MR) is 70.9 cm³/mol. The summed E-state index contributed by atoms with van der Waals surface area (Å²) in [4.78, 5) is 11.9. The summed E-state index contributed by atoms with van der Waals surface area (Å²) in [5, 5.41) is 2.18. The molecule has 0 unspecified atom stereocenters. The molecule has 0 saturated heterocycles. The van der Waals surface area contributed by atoms with Gasteiger partial charge in [-0.05, 0) is 24.4 Å². The molecule has 0 aliphatic heterocycles. The maximum Gasteiger partial charge on any atom is 0.340 e. The molecule has 2 aromatic heterocycles. The van der Waals surface area contributed by atoms with Crippen LogP contribution < -0.4 is 0 Å². The summed E-state index contributed by atoms with van der Waals surface area (Å²) in [5.74, 6) is -0.267. The van der Waals surface area contributed by atoms with Crippen molar-refractivity contribution in [1.29, 1.82) is 0 Å². The van der Waals surface area contributed by atoms with Crippen LogP contribution in [0.2, 0.25) is 0 Å². The third-order valence-corrected chi connectivity index (χ3v) is 3.04. The third kappa shape index (κ3) is 1.56. The Balaban J connectivity index is 2.33. The fourth-order valence-corrected chi connectivity index (χ4v) is 2.25. The average molecular weight is 239 g/mol. The number of rotatable bonds is 2. The predicted octanol–water partition coefficient (Wildman–Crippen LogP) is 3.27. The molecule has 3 aromatic rings. The van der Waals surface area contributed by atoms with Crippen molar-refractivity contribution in [3.63, 3.8) is 0 Å². The van der Waals surface area contributed by atoms with Crippen LogP contribution in [-0.2, 0) is 4.74 Å². The minimum absolute atomic E-state index is 0.267. The van der Waals surface area contributed by atoms with Crippen molar-refractivity contribution in [2.24, 2.45) is 0 Å². The molecule has 3 nitrogen and oxygen atoms in total. The number of esters is 1. The van der Waals surface area contributed by atoms with Gasteiger partial charge < -0.3 is 9.14 Å². The lowest BCUT2D eigenvalue weighted by Crippen LogP contribution is -2.04. The molecule has 0 fully saturated rings. The van der Waals surface area contributed by atoms with Gasteiger partial charge in [-0.2, -0.15) is 0 Å². The van der Waals surface area contributed by atoms with E-state index in [0.717, 1.165) is 16.3 Å². The van der Waals surface area contributed by atoms with E-state index >= 15 is 0 Å². The number of fused-ring (bicyclic) bond motifs is 3. The van der Waals surface area contributed by atoms with Gasteiger partial charge in [0.15, 0.2) is 0 Å². The monoisotopic (exact) mass is 239 g/mol. The van der Waals surface area contributed by atoms with Gasteiger partial charge in [-0.3, -0.25) is 0 Å². The second-order valence-electron chi connectivity index (χ2n) is 4.11. The molecule has 0 aliphatic carbocycles. The number of hydrogen-bond acceptors (Lipinski definition) is 2. The molecule has 0 saturated carbocycles. The largest absolute Gasteiger partial charge is 0.462 e. The molecule has 0 N–H and O–H groups in total. The van der Waals surface area contributed by atoms with Crippen LogP contribution in [0.3, 0.4) is 0 Å². The Bertz CT molecular complexity index is 728. The van der Waals surface area contributed by atoms with Crippen LogP contribution in [0.4, 0.5) is 0 Å². The fraction of sp³-hybridized carbons (Fsp3) is 0.133. The Morgan fingerprint density at radius 3 is 2.78 bits per heavy atom. The number of ether oxygens (including phenoxy) is 1. The summed E-state index contributed by atoms with van der Waals surface area (Å²) < 4.78 is 7.04. The van der Waals surface area contributed by atoms with Crippen molar-refractivity contribution >= 4 is 22.3 Å². The van der Waals surface area contributed by atoms with E-state index in [1.54, 1.807) is 6.07 Å². The molecule has 0 aliphatic rings. The highest BCUT2D eigenvalue weighted by Crippen LogP contribution is 2.24. The smallest absolute Gasteiger partial charge is 0.340 e. The molecule has 3 rings (SSSR count). The van der Waals surface area contributed by atoms with Gasteiger partial charge in [-0.1, -0.05) is 24.3 Å². The van der Waals surface area contributed by atoms with Crippen molar-refractivity contribution in [1.82, 2.24) is 4.40 Å². The summed E-state index contributed by atoms with van der Waals surface area (Å²) in [6, 6.07) is 11.9. The van der Waals surface area contributed by atoms with Crippen LogP contribution in [0.5, 0.6) is 0 Å². The zero-order chi connectivity index (χ0) is 12.5. The average Bonchev–Trinajstić information content (AvgIpc) is 2.83. The third-order valence-electron chi connectivity index (χ3n) is 3.04. The zero-order valence-electron chi connectivity index (χ0n) is 10.1. The maximum absolute atomic E-state index is 11.9. The number of aromatic nitrogens is 1. The zero-order valence-corrected chi connectivity index (χ0v) is 10.1. The highest BCUT2D eigenvalue weighted by Gasteiger charge is 2.14. The Morgan fingerprint density at radius 1 is 1.17 bits per heavy atom. The van der Waals surface area contributed by atoms with E-state index < -0.39 is 0 Å². The molecular weight excluding hydrogens is 226 g/mol. The molecule has 0 radical (unpaired) electrons. The van der Waals surface area contributed by atoms with Crippen molar-refractivity contribution in [2.75, 3.05) is 6.61 Å². The van der Waals surface area contributed by atoms with Crippen LogP contribution in [0.1, 0.15) is 17.3 Å². The molecule has 18 heavy (non-hydrogen) atoms. The Hall–Kier alpha value is -2.29. The number of nitrogens with zero attached hydrogens (tertiary/aromatic N) is 1. The van der Waals surface area contributed by atoms with E-state index in [4.69, 9.17) is 4.74 Å². The van der Waals surface area contributed by atoms with Gasteiger partial charge in [0.2, 0.25) is 0 Å². The standard InChI is InChI=1S/C15H13NO2/c1-2-18-15(17)13-8-10-16-9-7-11-5-3-4-6-12(11)14(13)16/h3-10H,2H2,1H3. The topological polar surface area (TPSA) is 30.7 Å². The Labute approximate surface area is 105 Å². The minimum atomic E-state index is -0.267. The molecule has 90 valence electrons. The maximum atomic E-state index is 11.9. The van der Waals surface area contributed by atoms with E-state index in [1.807, 2.05) is 54.0 Å². The first-order chi connectivity index (χ1) is 8.81. The summed E-state index contributed by atoms with van der Waals surface area (Å²) in [6.07, 6.45) is 3.84. The number of benzene rings is 1. The van der Waals surface area contributed by atoms with Gasteiger partial charge in [-0.25, -0.2) is 4.79 Å². The Kier molecular flexibility index (Phi) is 2.52. The van der Waals surface area contributed by atoms with Gasteiger partial charge in [0.05, 0.1) is 17.7 Å². The molecule has 1 aromatic carbocycles. The van der Waals surface area contributed by atoms with Crippen molar-refractivity contribution in [3.05, 3.63) is 54.4 Å². The summed E-state index contributed by atoms with van der Waals surface area (Å²) >= 11 is 0. The first-order valence-corrected chi connectivity index (χ1v) is 5.97.